The van der Waals surface area contributed by atoms with Gasteiger partial charge in [0.05, 0.1) is 27.6 Å². The van der Waals surface area contributed by atoms with Gasteiger partial charge in [-0.15, -0.1) is 0 Å². The number of benzene rings is 5. The first-order valence-corrected chi connectivity index (χ1v) is 14.3. The Morgan fingerprint density at radius 1 is 0.476 bits per heavy atom. The van der Waals surface area contributed by atoms with Gasteiger partial charge in [-0.25, -0.2) is 0 Å². The molecule has 5 rings (SSSR count). The molecule has 198 valence electrons. The molecule has 0 aliphatic heterocycles. The topological polar surface area (TPSA) is 131 Å². The SMILES string of the molecule is N#Cc1ccc(Oc2ccc(Oc3ccc(C#N)c(C#N)c3)c(P(=O)(c3ccccc3)c3ccccc3)c2)cc1C#N. The van der Waals surface area contributed by atoms with E-state index in [9.17, 15) is 21.0 Å². The normalized spacial score (nSPS) is 10.4. The molecule has 0 saturated heterocycles. The first kappa shape index (κ1) is 27.5. The Bertz CT molecular complexity index is 1970. The van der Waals surface area contributed by atoms with E-state index in [1.54, 1.807) is 54.6 Å². The molecule has 0 aliphatic rings. The maximum Gasteiger partial charge on any atom is 0.174 e. The Labute approximate surface area is 242 Å². The lowest BCUT2D eigenvalue weighted by Crippen LogP contribution is -2.26. The Morgan fingerprint density at radius 2 is 0.905 bits per heavy atom. The van der Waals surface area contributed by atoms with Crippen LogP contribution in [0.2, 0.25) is 0 Å². The number of nitriles is 4. The van der Waals surface area contributed by atoms with Crippen LogP contribution in [0.5, 0.6) is 23.0 Å². The zero-order chi connectivity index (χ0) is 29.5. The van der Waals surface area contributed by atoms with Crippen LogP contribution in [0, 0.1) is 45.3 Å². The highest BCUT2D eigenvalue weighted by molar-refractivity contribution is 7.85. The number of nitrogens with zero attached hydrogens (tertiary/aromatic N) is 4. The third-order valence-electron chi connectivity index (χ3n) is 6.44. The minimum atomic E-state index is -3.56. The third kappa shape index (κ3) is 5.34. The highest BCUT2D eigenvalue weighted by Gasteiger charge is 2.33. The number of ether oxygens (including phenoxy) is 2. The standard InChI is InChI=1S/C34H19N4O3P/c35-20-24-11-13-28(17-26(24)22-37)40-30-15-16-33(41-29-14-12-25(21-36)27(18-29)23-38)34(19-30)42(39,31-7-3-1-4-8-31)32-9-5-2-6-10-32/h1-19H. The van der Waals surface area contributed by atoms with Crippen LogP contribution in [0.4, 0.5) is 0 Å². The molecule has 0 bridgehead atoms. The van der Waals surface area contributed by atoms with E-state index in [1.807, 2.05) is 60.7 Å². The lowest BCUT2D eigenvalue weighted by atomic mass is 10.1. The highest BCUT2D eigenvalue weighted by Crippen LogP contribution is 2.47. The molecule has 0 radical (unpaired) electrons. The van der Waals surface area contributed by atoms with Crippen molar-refractivity contribution in [2.45, 2.75) is 0 Å². The zero-order valence-corrected chi connectivity index (χ0v) is 22.8. The summed E-state index contributed by atoms with van der Waals surface area (Å²) in [5.74, 6) is 1.21. The van der Waals surface area contributed by atoms with Gasteiger partial charge in [0.25, 0.3) is 0 Å². The quantitative estimate of drug-likeness (QED) is 0.210. The summed E-state index contributed by atoms with van der Waals surface area (Å²) in [5, 5.41) is 39.0. The first-order chi connectivity index (χ1) is 20.5. The van der Waals surface area contributed by atoms with Gasteiger partial charge in [0.1, 0.15) is 47.3 Å². The molecule has 0 aromatic heterocycles. The summed E-state index contributed by atoms with van der Waals surface area (Å²) in [6.07, 6.45) is 0. The van der Waals surface area contributed by atoms with Crippen LogP contribution >= 0.6 is 7.14 Å². The molecule has 0 unspecified atom stereocenters. The van der Waals surface area contributed by atoms with Gasteiger partial charge in [-0.05, 0) is 54.6 Å². The molecular weight excluding hydrogens is 543 g/mol. The molecule has 5 aromatic carbocycles. The van der Waals surface area contributed by atoms with Gasteiger partial charge >= 0.3 is 0 Å². The van der Waals surface area contributed by atoms with E-state index < -0.39 is 7.14 Å². The van der Waals surface area contributed by atoms with Gasteiger partial charge in [-0.2, -0.15) is 21.0 Å². The van der Waals surface area contributed by atoms with Crippen LogP contribution < -0.4 is 25.4 Å². The molecule has 8 heteroatoms. The Hall–Kier alpha value is -6.11. The fourth-order valence-corrected chi connectivity index (χ4v) is 7.19. The van der Waals surface area contributed by atoms with Crippen LogP contribution in [0.1, 0.15) is 22.3 Å². The molecule has 42 heavy (non-hydrogen) atoms. The lowest BCUT2D eigenvalue weighted by molar-refractivity contribution is 0.472. The van der Waals surface area contributed by atoms with Crippen molar-refractivity contribution in [2.75, 3.05) is 0 Å². The second-order valence-electron chi connectivity index (χ2n) is 8.98. The van der Waals surface area contributed by atoms with Crippen molar-refractivity contribution in [2.24, 2.45) is 0 Å². The van der Waals surface area contributed by atoms with E-state index in [0.717, 1.165) is 0 Å². The van der Waals surface area contributed by atoms with Gasteiger partial charge in [0.2, 0.25) is 0 Å². The van der Waals surface area contributed by atoms with Crippen LogP contribution in [-0.4, -0.2) is 0 Å². The van der Waals surface area contributed by atoms with Gasteiger partial charge in [0, 0.05) is 10.6 Å². The minimum absolute atomic E-state index is 0.153. The molecule has 0 atom stereocenters. The van der Waals surface area contributed by atoms with Crippen LogP contribution in [0.25, 0.3) is 0 Å². The maximum absolute atomic E-state index is 15.3. The summed E-state index contributed by atoms with van der Waals surface area (Å²) >= 11 is 0. The van der Waals surface area contributed by atoms with Crippen LogP contribution in [0.3, 0.4) is 0 Å². The number of rotatable bonds is 7. The van der Waals surface area contributed by atoms with Crippen molar-refractivity contribution >= 4 is 23.1 Å². The van der Waals surface area contributed by atoms with E-state index in [0.29, 0.717) is 33.2 Å². The van der Waals surface area contributed by atoms with E-state index in [-0.39, 0.29) is 28.0 Å². The third-order valence-corrected chi connectivity index (χ3v) is 9.52. The smallest absolute Gasteiger partial charge is 0.174 e. The largest absolute Gasteiger partial charge is 0.457 e. The minimum Gasteiger partial charge on any atom is -0.457 e. The van der Waals surface area contributed by atoms with E-state index in [1.165, 1.54) is 24.3 Å². The molecule has 0 amide bonds. The van der Waals surface area contributed by atoms with Crippen molar-refractivity contribution in [3.8, 4) is 47.3 Å². The van der Waals surface area contributed by atoms with E-state index in [4.69, 9.17) is 9.47 Å². The molecule has 7 nitrogen and oxygen atoms in total. The molecule has 5 aromatic rings. The molecule has 0 N–H and O–H groups in total. The van der Waals surface area contributed by atoms with Gasteiger partial charge in [0.15, 0.2) is 7.14 Å². The predicted molar refractivity (Wildman–Crippen MR) is 158 cm³/mol. The Balaban J connectivity index is 1.70. The van der Waals surface area contributed by atoms with Gasteiger partial charge < -0.3 is 14.0 Å². The zero-order valence-electron chi connectivity index (χ0n) is 21.9. The van der Waals surface area contributed by atoms with Gasteiger partial charge in [-0.3, -0.25) is 0 Å². The number of hydrogen-bond donors (Lipinski definition) is 0. The molecule has 0 saturated carbocycles. The van der Waals surface area contributed by atoms with E-state index >= 15 is 4.57 Å². The fourth-order valence-electron chi connectivity index (χ4n) is 4.41. The summed E-state index contributed by atoms with van der Waals surface area (Å²) in [5.41, 5.74) is 0.766. The van der Waals surface area contributed by atoms with Crippen molar-refractivity contribution in [3.05, 3.63) is 138 Å². The molecule has 0 fully saturated rings. The predicted octanol–water partition coefficient (Wildman–Crippen LogP) is 6.40. The first-order valence-electron chi connectivity index (χ1n) is 12.6. The van der Waals surface area contributed by atoms with Crippen molar-refractivity contribution in [3.63, 3.8) is 0 Å². The summed E-state index contributed by atoms with van der Waals surface area (Å²) < 4.78 is 27.7. The molecular formula is C34H19N4O3P. The summed E-state index contributed by atoms with van der Waals surface area (Å²) in [4.78, 5) is 0. The monoisotopic (exact) mass is 562 g/mol. The summed E-state index contributed by atoms with van der Waals surface area (Å²) in [7, 11) is -3.56. The average Bonchev–Trinajstić information content (AvgIpc) is 3.05. The lowest BCUT2D eigenvalue weighted by Gasteiger charge is -2.23. The Kier molecular flexibility index (Phi) is 7.82. The Morgan fingerprint density at radius 3 is 1.38 bits per heavy atom. The van der Waals surface area contributed by atoms with Crippen molar-refractivity contribution in [1.29, 1.82) is 21.0 Å². The van der Waals surface area contributed by atoms with Crippen LogP contribution in [-0.2, 0) is 4.57 Å². The van der Waals surface area contributed by atoms with Crippen molar-refractivity contribution < 1.29 is 14.0 Å². The molecule has 0 spiro atoms. The maximum atomic E-state index is 15.3. The second kappa shape index (κ2) is 12.0. The van der Waals surface area contributed by atoms with Crippen molar-refractivity contribution in [1.82, 2.24) is 0 Å². The summed E-state index contributed by atoms with van der Waals surface area (Å²) in [6, 6.07) is 40.0. The van der Waals surface area contributed by atoms with Gasteiger partial charge in [-0.1, -0.05) is 60.7 Å². The number of hydrogen-bond acceptors (Lipinski definition) is 7. The highest BCUT2D eigenvalue weighted by atomic mass is 31.2. The van der Waals surface area contributed by atoms with Crippen LogP contribution in [0.15, 0.2) is 115 Å². The fraction of sp³-hybridized carbons (Fsp3) is 0. The molecule has 0 heterocycles. The summed E-state index contributed by atoms with van der Waals surface area (Å²) in [6.45, 7) is 0. The average molecular weight is 563 g/mol. The second-order valence-corrected chi connectivity index (χ2v) is 11.7. The molecule has 0 aliphatic carbocycles. The van der Waals surface area contributed by atoms with E-state index in [2.05, 4.69) is 0 Å².